The first kappa shape index (κ1) is 18.7. The largest absolute Gasteiger partial charge is 0.349 e. The van der Waals surface area contributed by atoms with Crippen molar-refractivity contribution in [3.8, 4) is 0 Å². The summed E-state index contributed by atoms with van der Waals surface area (Å²) < 4.78 is 26.7. The highest BCUT2D eigenvalue weighted by Crippen LogP contribution is 2.23. The Kier molecular flexibility index (Phi) is 5.30. The van der Waals surface area contributed by atoms with Gasteiger partial charge in [-0.2, -0.15) is 0 Å². The molecule has 7 heteroatoms. The number of halogens is 2. The first-order valence-electron chi connectivity index (χ1n) is 8.58. The molecule has 2 aromatic carbocycles. The number of amides is 3. The molecule has 1 aliphatic heterocycles. The number of fused-ring (bicyclic) bond motifs is 1. The molecule has 1 N–H and O–H groups in total. The molecule has 0 fully saturated rings. The summed E-state index contributed by atoms with van der Waals surface area (Å²) in [6.45, 7) is 1.72. The van der Waals surface area contributed by atoms with Gasteiger partial charge in [0.15, 0.2) is 0 Å². The summed E-state index contributed by atoms with van der Waals surface area (Å²) in [6, 6.07) is 9.13. The maximum atomic E-state index is 13.8. The molecule has 5 nitrogen and oxygen atoms in total. The molecular weight excluding hydrogens is 354 g/mol. The molecule has 3 rings (SSSR count). The predicted octanol–water partition coefficient (Wildman–Crippen LogP) is 3.22. The van der Waals surface area contributed by atoms with E-state index in [2.05, 4.69) is 5.32 Å². The summed E-state index contributed by atoms with van der Waals surface area (Å²) in [5, 5.41) is 2.63. The van der Waals surface area contributed by atoms with Crippen LogP contribution >= 0.6 is 0 Å². The fourth-order valence-electron chi connectivity index (χ4n) is 3.08. The molecule has 0 aromatic heterocycles. The minimum atomic E-state index is -0.728. The molecule has 0 unspecified atom stereocenters. The monoisotopic (exact) mass is 372 g/mol. The Morgan fingerprint density at radius 2 is 1.70 bits per heavy atom. The summed E-state index contributed by atoms with van der Waals surface area (Å²) in [5.41, 5.74) is 0.921. The highest BCUT2D eigenvalue weighted by Gasteiger charge is 2.34. The van der Waals surface area contributed by atoms with Gasteiger partial charge in [0.05, 0.1) is 17.2 Å². The topological polar surface area (TPSA) is 66.5 Å². The zero-order valence-corrected chi connectivity index (χ0v) is 14.7. The summed E-state index contributed by atoms with van der Waals surface area (Å²) in [6.07, 6.45) is 0.358. The molecule has 140 valence electrons. The molecule has 0 aliphatic carbocycles. The average molecular weight is 372 g/mol. The fourth-order valence-corrected chi connectivity index (χ4v) is 3.08. The van der Waals surface area contributed by atoms with Gasteiger partial charge in [0, 0.05) is 24.6 Å². The van der Waals surface area contributed by atoms with E-state index in [0.29, 0.717) is 11.1 Å². The minimum absolute atomic E-state index is 0.0700. The maximum Gasteiger partial charge on any atom is 0.261 e. The molecule has 1 atom stereocenters. The summed E-state index contributed by atoms with van der Waals surface area (Å²) in [7, 11) is 0. The molecule has 0 radical (unpaired) electrons. The van der Waals surface area contributed by atoms with Crippen molar-refractivity contribution in [3.63, 3.8) is 0 Å². The Labute approximate surface area is 155 Å². The Hall–Kier alpha value is -3.09. The van der Waals surface area contributed by atoms with Crippen LogP contribution in [0, 0.1) is 11.6 Å². The number of carbonyl (C=O) groups is 3. The van der Waals surface area contributed by atoms with Gasteiger partial charge in [-0.1, -0.05) is 18.2 Å². The Bertz CT molecular complexity index is 879. The SMILES string of the molecule is C[C@H](NC(=O)CCCN1C(=O)c2ccccc2C1=O)c1ccc(F)cc1F. The average Bonchev–Trinajstić information content (AvgIpc) is 2.87. The Morgan fingerprint density at radius 1 is 1.07 bits per heavy atom. The number of imide groups is 1. The van der Waals surface area contributed by atoms with E-state index in [9.17, 15) is 23.2 Å². The lowest BCUT2D eigenvalue weighted by Crippen LogP contribution is -2.32. The first-order valence-corrected chi connectivity index (χ1v) is 8.58. The first-order chi connectivity index (χ1) is 12.9. The van der Waals surface area contributed by atoms with Crippen molar-refractivity contribution in [1.82, 2.24) is 10.2 Å². The van der Waals surface area contributed by atoms with E-state index in [-0.39, 0.29) is 42.7 Å². The summed E-state index contributed by atoms with van der Waals surface area (Å²) >= 11 is 0. The third-order valence-electron chi connectivity index (χ3n) is 4.47. The van der Waals surface area contributed by atoms with Gasteiger partial charge in [-0.25, -0.2) is 8.78 Å². The van der Waals surface area contributed by atoms with Crippen LogP contribution in [0.5, 0.6) is 0 Å². The van der Waals surface area contributed by atoms with Gasteiger partial charge < -0.3 is 5.32 Å². The van der Waals surface area contributed by atoms with Crippen molar-refractivity contribution in [2.75, 3.05) is 6.54 Å². The molecule has 0 saturated carbocycles. The summed E-state index contributed by atoms with van der Waals surface area (Å²) in [4.78, 5) is 37.7. The van der Waals surface area contributed by atoms with E-state index >= 15 is 0 Å². The van der Waals surface area contributed by atoms with Crippen molar-refractivity contribution in [2.45, 2.75) is 25.8 Å². The number of hydrogen-bond donors (Lipinski definition) is 1. The predicted molar refractivity (Wildman–Crippen MR) is 94.0 cm³/mol. The van der Waals surface area contributed by atoms with Gasteiger partial charge in [0.25, 0.3) is 11.8 Å². The van der Waals surface area contributed by atoms with Crippen molar-refractivity contribution in [3.05, 3.63) is 70.8 Å². The van der Waals surface area contributed by atoms with Crippen LogP contribution in [0.1, 0.15) is 52.1 Å². The number of nitrogens with zero attached hydrogens (tertiary/aromatic N) is 1. The van der Waals surface area contributed by atoms with E-state index in [1.807, 2.05) is 0 Å². The Balaban J connectivity index is 1.52. The van der Waals surface area contributed by atoms with Crippen LogP contribution in [0.25, 0.3) is 0 Å². The molecule has 27 heavy (non-hydrogen) atoms. The number of rotatable bonds is 6. The molecule has 0 bridgehead atoms. The van der Waals surface area contributed by atoms with Crippen molar-refractivity contribution >= 4 is 17.7 Å². The van der Waals surface area contributed by atoms with E-state index in [4.69, 9.17) is 0 Å². The van der Waals surface area contributed by atoms with E-state index in [1.165, 1.54) is 6.07 Å². The van der Waals surface area contributed by atoms with Gasteiger partial charge in [0.1, 0.15) is 11.6 Å². The normalized spacial score (nSPS) is 14.3. The maximum absolute atomic E-state index is 13.8. The quantitative estimate of drug-likeness (QED) is 0.792. The molecule has 0 saturated heterocycles. The van der Waals surface area contributed by atoms with Crippen LogP contribution in [0.4, 0.5) is 8.78 Å². The van der Waals surface area contributed by atoms with Crippen LogP contribution < -0.4 is 5.32 Å². The lowest BCUT2D eigenvalue weighted by molar-refractivity contribution is -0.121. The molecule has 1 aliphatic rings. The van der Waals surface area contributed by atoms with Crippen LogP contribution in [0.15, 0.2) is 42.5 Å². The standard InChI is InChI=1S/C20H18F2N2O3/c1-12(14-9-8-13(21)11-17(14)22)23-18(25)7-4-10-24-19(26)15-5-2-3-6-16(15)20(24)27/h2-3,5-6,8-9,11-12H,4,7,10H2,1H3,(H,23,25)/t12-/m0/s1. The molecule has 3 amide bonds. The highest BCUT2D eigenvalue weighted by atomic mass is 19.1. The number of hydrogen-bond acceptors (Lipinski definition) is 3. The number of nitrogens with one attached hydrogen (secondary N) is 1. The fraction of sp³-hybridized carbons (Fsp3) is 0.250. The lowest BCUT2D eigenvalue weighted by Gasteiger charge is -2.16. The van der Waals surface area contributed by atoms with Gasteiger partial charge in [-0.15, -0.1) is 0 Å². The second kappa shape index (κ2) is 7.65. The minimum Gasteiger partial charge on any atom is -0.349 e. The van der Waals surface area contributed by atoms with Crippen LogP contribution in [0.3, 0.4) is 0 Å². The zero-order chi connectivity index (χ0) is 19.6. The summed E-state index contributed by atoms with van der Waals surface area (Å²) in [5.74, 6) is -2.48. The van der Waals surface area contributed by atoms with Crippen LogP contribution in [0.2, 0.25) is 0 Å². The van der Waals surface area contributed by atoms with Gasteiger partial charge in [0.2, 0.25) is 5.91 Å². The molecule has 2 aromatic rings. The van der Waals surface area contributed by atoms with Crippen molar-refractivity contribution in [1.29, 1.82) is 0 Å². The zero-order valence-electron chi connectivity index (χ0n) is 14.7. The van der Waals surface area contributed by atoms with Gasteiger partial charge in [-0.05, 0) is 31.5 Å². The van der Waals surface area contributed by atoms with Gasteiger partial charge in [-0.3, -0.25) is 19.3 Å². The van der Waals surface area contributed by atoms with Crippen LogP contribution in [-0.2, 0) is 4.79 Å². The van der Waals surface area contributed by atoms with Crippen molar-refractivity contribution < 1.29 is 23.2 Å². The van der Waals surface area contributed by atoms with Crippen LogP contribution in [-0.4, -0.2) is 29.2 Å². The number of carbonyl (C=O) groups excluding carboxylic acids is 3. The molecule has 0 spiro atoms. The third-order valence-corrected chi connectivity index (χ3v) is 4.47. The second-order valence-electron chi connectivity index (χ2n) is 6.37. The Morgan fingerprint density at radius 3 is 2.30 bits per heavy atom. The van der Waals surface area contributed by atoms with Crippen molar-refractivity contribution in [2.24, 2.45) is 0 Å². The highest BCUT2D eigenvalue weighted by molar-refractivity contribution is 6.21. The molecular formula is C20H18F2N2O3. The third kappa shape index (κ3) is 3.86. The van der Waals surface area contributed by atoms with E-state index in [1.54, 1.807) is 31.2 Å². The lowest BCUT2D eigenvalue weighted by atomic mass is 10.1. The van der Waals surface area contributed by atoms with E-state index < -0.39 is 17.7 Å². The number of benzene rings is 2. The van der Waals surface area contributed by atoms with Gasteiger partial charge >= 0.3 is 0 Å². The van der Waals surface area contributed by atoms with E-state index in [0.717, 1.165) is 17.0 Å². The molecule has 1 heterocycles. The second-order valence-corrected chi connectivity index (χ2v) is 6.37. The smallest absolute Gasteiger partial charge is 0.261 e.